The van der Waals surface area contributed by atoms with Crippen molar-refractivity contribution in [3.05, 3.63) is 35.4 Å². The summed E-state index contributed by atoms with van der Waals surface area (Å²) < 4.78 is 0. The highest BCUT2D eigenvalue weighted by atomic mass is 16.1. The van der Waals surface area contributed by atoms with Crippen LogP contribution in [0.15, 0.2) is 24.3 Å². The zero-order valence-corrected chi connectivity index (χ0v) is 9.94. The summed E-state index contributed by atoms with van der Waals surface area (Å²) in [6.45, 7) is 2.92. The van der Waals surface area contributed by atoms with E-state index in [-0.39, 0.29) is 5.91 Å². The molecule has 0 spiro atoms. The molecule has 88 valence electrons. The van der Waals surface area contributed by atoms with Crippen LogP contribution in [0.25, 0.3) is 0 Å². The van der Waals surface area contributed by atoms with Gasteiger partial charge in [0.15, 0.2) is 0 Å². The van der Waals surface area contributed by atoms with Crippen LogP contribution in [-0.2, 0) is 0 Å². The summed E-state index contributed by atoms with van der Waals surface area (Å²) in [6, 6.07) is 8.75. The van der Waals surface area contributed by atoms with Crippen LogP contribution in [0.4, 0.5) is 0 Å². The number of hydrogen-bond donors (Lipinski definition) is 1. The van der Waals surface area contributed by atoms with Gasteiger partial charge in [0.1, 0.15) is 0 Å². The van der Waals surface area contributed by atoms with Gasteiger partial charge in [-0.25, -0.2) is 0 Å². The van der Waals surface area contributed by atoms with E-state index in [9.17, 15) is 4.79 Å². The minimum Gasteiger partial charge on any atom is -0.352 e. The highest BCUT2D eigenvalue weighted by molar-refractivity contribution is 5.94. The van der Waals surface area contributed by atoms with Gasteiger partial charge in [0.2, 0.25) is 0 Å². The topological polar surface area (TPSA) is 52.9 Å². The standard InChI is InChI=1S/C14H16N2O/c1-10(12-6-7-12)9-16-14(17)13-4-2-11(8-15)3-5-13/h2-5,10,12H,6-7,9H2,1H3,(H,16,17). The molecule has 0 saturated heterocycles. The third-order valence-electron chi connectivity index (χ3n) is 3.29. The molecule has 0 heterocycles. The van der Waals surface area contributed by atoms with Crippen molar-refractivity contribution in [3.8, 4) is 6.07 Å². The Morgan fingerprint density at radius 2 is 2.12 bits per heavy atom. The van der Waals surface area contributed by atoms with Gasteiger partial charge in [0, 0.05) is 12.1 Å². The van der Waals surface area contributed by atoms with E-state index in [0.29, 0.717) is 17.0 Å². The van der Waals surface area contributed by atoms with E-state index < -0.39 is 0 Å². The molecule has 1 aromatic carbocycles. The Morgan fingerprint density at radius 1 is 1.47 bits per heavy atom. The van der Waals surface area contributed by atoms with Gasteiger partial charge >= 0.3 is 0 Å². The van der Waals surface area contributed by atoms with E-state index in [1.54, 1.807) is 24.3 Å². The molecule has 1 amide bonds. The van der Waals surface area contributed by atoms with Crippen molar-refractivity contribution in [2.24, 2.45) is 11.8 Å². The molecule has 1 aliphatic rings. The summed E-state index contributed by atoms with van der Waals surface area (Å²) in [4.78, 5) is 11.8. The zero-order chi connectivity index (χ0) is 12.3. The van der Waals surface area contributed by atoms with Crippen LogP contribution in [0, 0.1) is 23.2 Å². The number of amides is 1. The molecule has 1 unspecified atom stereocenters. The third-order valence-corrected chi connectivity index (χ3v) is 3.29. The average molecular weight is 228 g/mol. The molecular formula is C14H16N2O. The number of rotatable bonds is 4. The quantitative estimate of drug-likeness (QED) is 0.859. The normalized spacial score (nSPS) is 16.0. The Labute approximate surface area is 101 Å². The highest BCUT2D eigenvalue weighted by Crippen LogP contribution is 2.36. The SMILES string of the molecule is CC(CNC(=O)c1ccc(C#N)cc1)C1CC1. The van der Waals surface area contributed by atoms with Crippen LogP contribution in [0.1, 0.15) is 35.7 Å². The number of nitrogens with zero attached hydrogens (tertiary/aromatic N) is 1. The lowest BCUT2D eigenvalue weighted by molar-refractivity contribution is 0.0946. The van der Waals surface area contributed by atoms with Crippen molar-refractivity contribution in [3.63, 3.8) is 0 Å². The van der Waals surface area contributed by atoms with Gasteiger partial charge in [-0.15, -0.1) is 0 Å². The zero-order valence-electron chi connectivity index (χ0n) is 9.94. The maximum absolute atomic E-state index is 11.8. The lowest BCUT2D eigenvalue weighted by atomic mass is 10.1. The Balaban J connectivity index is 1.88. The monoisotopic (exact) mass is 228 g/mol. The van der Waals surface area contributed by atoms with E-state index in [1.807, 2.05) is 6.07 Å². The van der Waals surface area contributed by atoms with Crippen LogP contribution in [0.2, 0.25) is 0 Å². The summed E-state index contributed by atoms with van der Waals surface area (Å²) in [6.07, 6.45) is 2.60. The summed E-state index contributed by atoms with van der Waals surface area (Å²) >= 11 is 0. The minimum absolute atomic E-state index is 0.0537. The maximum atomic E-state index is 11.8. The number of nitriles is 1. The first kappa shape index (κ1) is 11.7. The Bertz CT molecular complexity index is 440. The predicted molar refractivity (Wildman–Crippen MR) is 65.4 cm³/mol. The van der Waals surface area contributed by atoms with Crippen LogP contribution in [-0.4, -0.2) is 12.5 Å². The van der Waals surface area contributed by atoms with E-state index >= 15 is 0 Å². The Morgan fingerprint density at radius 3 is 2.65 bits per heavy atom. The molecule has 0 aliphatic heterocycles. The smallest absolute Gasteiger partial charge is 0.251 e. The van der Waals surface area contributed by atoms with E-state index in [4.69, 9.17) is 5.26 Å². The van der Waals surface area contributed by atoms with Crippen molar-refractivity contribution < 1.29 is 4.79 Å². The summed E-state index contributed by atoms with van der Waals surface area (Å²) in [7, 11) is 0. The molecule has 2 rings (SSSR count). The van der Waals surface area contributed by atoms with Crippen molar-refractivity contribution in [1.29, 1.82) is 5.26 Å². The fourth-order valence-corrected chi connectivity index (χ4v) is 1.88. The molecule has 1 aliphatic carbocycles. The Kier molecular flexibility index (Phi) is 3.43. The number of carbonyl (C=O) groups is 1. The lowest BCUT2D eigenvalue weighted by Gasteiger charge is -2.11. The van der Waals surface area contributed by atoms with E-state index in [0.717, 1.165) is 12.5 Å². The van der Waals surface area contributed by atoms with Crippen molar-refractivity contribution in [1.82, 2.24) is 5.32 Å². The van der Waals surface area contributed by atoms with Gasteiger partial charge in [0.05, 0.1) is 11.6 Å². The molecule has 1 saturated carbocycles. The Hall–Kier alpha value is -1.82. The average Bonchev–Trinajstić information content (AvgIpc) is 3.20. The van der Waals surface area contributed by atoms with Crippen LogP contribution in [0.5, 0.6) is 0 Å². The van der Waals surface area contributed by atoms with Gasteiger partial charge in [-0.1, -0.05) is 6.92 Å². The second kappa shape index (κ2) is 5.01. The summed E-state index contributed by atoms with van der Waals surface area (Å²) in [5, 5.41) is 11.6. The van der Waals surface area contributed by atoms with Crippen molar-refractivity contribution in [2.75, 3.05) is 6.54 Å². The van der Waals surface area contributed by atoms with E-state index in [2.05, 4.69) is 12.2 Å². The number of benzene rings is 1. The molecule has 3 heteroatoms. The highest BCUT2D eigenvalue weighted by Gasteiger charge is 2.27. The van der Waals surface area contributed by atoms with Gasteiger partial charge in [0.25, 0.3) is 5.91 Å². The molecule has 0 radical (unpaired) electrons. The van der Waals surface area contributed by atoms with Crippen LogP contribution < -0.4 is 5.32 Å². The van der Waals surface area contributed by atoms with Crippen LogP contribution >= 0.6 is 0 Å². The first-order valence-electron chi connectivity index (χ1n) is 5.99. The molecule has 1 aromatic rings. The third kappa shape index (κ3) is 3.07. The van der Waals surface area contributed by atoms with Crippen LogP contribution in [0.3, 0.4) is 0 Å². The number of carbonyl (C=O) groups excluding carboxylic acids is 1. The van der Waals surface area contributed by atoms with E-state index in [1.165, 1.54) is 12.8 Å². The van der Waals surface area contributed by atoms with Gasteiger partial charge in [-0.05, 0) is 48.9 Å². The summed E-state index contributed by atoms with van der Waals surface area (Å²) in [5.74, 6) is 1.32. The van der Waals surface area contributed by atoms with Gasteiger partial charge in [-0.3, -0.25) is 4.79 Å². The second-order valence-electron chi connectivity index (χ2n) is 4.71. The van der Waals surface area contributed by atoms with Crippen molar-refractivity contribution in [2.45, 2.75) is 19.8 Å². The first-order valence-corrected chi connectivity index (χ1v) is 5.99. The molecule has 1 atom stereocenters. The lowest BCUT2D eigenvalue weighted by Crippen LogP contribution is -2.28. The molecule has 0 bridgehead atoms. The molecule has 3 nitrogen and oxygen atoms in total. The fourth-order valence-electron chi connectivity index (χ4n) is 1.88. The number of nitrogens with one attached hydrogen (secondary N) is 1. The van der Waals surface area contributed by atoms with Gasteiger partial charge in [-0.2, -0.15) is 5.26 Å². The predicted octanol–water partition coefficient (Wildman–Crippen LogP) is 2.33. The minimum atomic E-state index is -0.0537. The summed E-state index contributed by atoms with van der Waals surface area (Å²) in [5.41, 5.74) is 1.19. The molecule has 0 aromatic heterocycles. The fraction of sp³-hybridized carbons (Fsp3) is 0.429. The molecule has 17 heavy (non-hydrogen) atoms. The maximum Gasteiger partial charge on any atom is 0.251 e. The van der Waals surface area contributed by atoms with Crippen molar-refractivity contribution >= 4 is 5.91 Å². The largest absolute Gasteiger partial charge is 0.352 e. The molecule has 1 N–H and O–H groups in total. The molecular weight excluding hydrogens is 212 g/mol. The molecule has 1 fully saturated rings. The number of hydrogen-bond acceptors (Lipinski definition) is 2. The van der Waals surface area contributed by atoms with Gasteiger partial charge < -0.3 is 5.32 Å². The first-order chi connectivity index (χ1) is 8.20. The second-order valence-corrected chi connectivity index (χ2v) is 4.71.